The van der Waals surface area contributed by atoms with Crippen LogP contribution in [0.15, 0.2) is 30.6 Å². The molecule has 0 aliphatic carbocycles. The van der Waals surface area contributed by atoms with Crippen LogP contribution in [0.25, 0.3) is 5.82 Å². The summed E-state index contributed by atoms with van der Waals surface area (Å²) >= 11 is 0. The van der Waals surface area contributed by atoms with E-state index < -0.39 is 0 Å². The first-order valence-corrected chi connectivity index (χ1v) is 4.00. The van der Waals surface area contributed by atoms with Gasteiger partial charge in [0.2, 0.25) is 0 Å². The van der Waals surface area contributed by atoms with Gasteiger partial charge in [0.25, 0.3) is 0 Å². The monoisotopic (exact) mass is 174 g/mol. The molecule has 0 saturated heterocycles. The Kier molecular flexibility index (Phi) is 1.73. The van der Waals surface area contributed by atoms with Gasteiger partial charge < -0.3 is 5.73 Å². The highest BCUT2D eigenvalue weighted by molar-refractivity contribution is 5.35. The zero-order chi connectivity index (χ0) is 9.26. The third-order valence-corrected chi connectivity index (χ3v) is 1.83. The van der Waals surface area contributed by atoms with Crippen LogP contribution < -0.4 is 5.73 Å². The van der Waals surface area contributed by atoms with Crippen molar-refractivity contribution < 1.29 is 0 Å². The maximum atomic E-state index is 5.57. The molecule has 0 atom stereocenters. The van der Waals surface area contributed by atoms with Gasteiger partial charge in [-0.2, -0.15) is 0 Å². The van der Waals surface area contributed by atoms with E-state index in [1.807, 2.05) is 29.8 Å². The van der Waals surface area contributed by atoms with Crippen LogP contribution in [-0.2, 0) is 0 Å². The molecule has 0 aromatic carbocycles. The second kappa shape index (κ2) is 2.90. The first-order chi connectivity index (χ1) is 6.27. The Balaban J connectivity index is 2.53. The van der Waals surface area contributed by atoms with Crippen molar-refractivity contribution in [3.05, 3.63) is 36.4 Å². The molecule has 2 aromatic heterocycles. The molecule has 0 spiro atoms. The van der Waals surface area contributed by atoms with Crippen LogP contribution in [-0.4, -0.2) is 14.5 Å². The lowest BCUT2D eigenvalue weighted by molar-refractivity contribution is 0.935. The molecule has 4 heteroatoms. The summed E-state index contributed by atoms with van der Waals surface area (Å²) in [5.41, 5.74) is 5.57. The number of anilines is 1. The Morgan fingerprint density at radius 3 is 2.85 bits per heavy atom. The topological polar surface area (TPSA) is 56.7 Å². The third-order valence-electron chi connectivity index (χ3n) is 1.83. The summed E-state index contributed by atoms with van der Waals surface area (Å²) in [6, 6.07) is 5.53. The fourth-order valence-corrected chi connectivity index (χ4v) is 1.19. The molecule has 0 fully saturated rings. The normalized spacial score (nSPS) is 10.2. The summed E-state index contributed by atoms with van der Waals surface area (Å²) in [5.74, 6) is 2.22. The first kappa shape index (κ1) is 7.79. The van der Waals surface area contributed by atoms with Gasteiger partial charge in [-0.3, -0.25) is 4.57 Å². The lowest BCUT2D eigenvalue weighted by Gasteiger charge is -2.03. The van der Waals surface area contributed by atoms with Crippen molar-refractivity contribution in [2.24, 2.45) is 0 Å². The summed E-state index contributed by atoms with van der Waals surface area (Å²) in [5, 5.41) is 0. The number of hydrogen-bond donors (Lipinski definition) is 1. The molecule has 2 heterocycles. The van der Waals surface area contributed by atoms with Crippen molar-refractivity contribution in [2.75, 3.05) is 5.73 Å². The maximum Gasteiger partial charge on any atom is 0.140 e. The average molecular weight is 174 g/mol. The second-order valence-corrected chi connectivity index (χ2v) is 2.77. The first-order valence-electron chi connectivity index (χ1n) is 4.00. The molecular weight excluding hydrogens is 164 g/mol. The third kappa shape index (κ3) is 1.38. The molecule has 0 radical (unpaired) electrons. The van der Waals surface area contributed by atoms with Crippen molar-refractivity contribution >= 4 is 5.82 Å². The van der Waals surface area contributed by atoms with Crippen LogP contribution in [0.5, 0.6) is 0 Å². The molecular formula is C9H10N4. The predicted octanol–water partition coefficient (Wildman–Crippen LogP) is 1.16. The summed E-state index contributed by atoms with van der Waals surface area (Å²) in [7, 11) is 0. The number of hydrogen-bond acceptors (Lipinski definition) is 3. The SMILES string of the molecule is Cc1nccn1-c1cccc(N)n1. The fourth-order valence-electron chi connectivity index (χ4n) is 1.19. The minimum Gasteiger partial charge on any atom is -0.384 e. The summed E-state index contributed by atoms with van der Waals surface area (Å²) in [6.07, 6.45) is 3.59. The second-order valence-electron chi connectivity index (χ2n) is 2.77. The Bertz CT molecular complexity index is 419. The van der Waals surface area contributed by atoms with Gasteiger partial charge in [0.15, 0.2) is 0 Å². The van der Waals surface area contributed by atoms with E-state index in [9.17, 15) is 0 Å². The molecule has 2 aromatic rings. The summed E-state index contributed by atoms with van der Waals surface area (Å²) in [6.45, 7) is 1.92. The average Bonchev–Trinajstić information content (AvgIpc) is 2.51. The van der Waals surface area contributed by atoms with Crippen molar-refractivity contribution in [3.8, 4) is 5.82 Å². The zero-order valence-electron chi connectivity index (χ0n) is 7.31. The van der Waals surface area contributed by atoms with Crippen LogP contribution in [0.2, 0.25) is 0 Å². The predicted molar refractivity (Wildman–Crippen MR) is 50.5 cm³/mol. The quantitative estimate of drug-likeness (QED) is 0.705. The van der Waals surface area contributed by atoms with E-state index in [-0.39, 0.29) is 0 Å². The molecule has 2 N–H and O–H groups in total. The number of rotatable bonds is 1. The van der Waals surface area contributed by atoms with Gasteiger partial charge in [-0.15, -0.1) is 0 Å². The van der Waals surface area contributed by atoms with Gasteiger partial charge in [0.05, 0.1) is 0 Å². The van der Waals surface area contributed by atoms with Crippen LogP contribution in [0, 0.1) is 6.92 Å². The van der Waals surface area contributed by atoms with Gasteiger partial charge in [-0.1, -0.05) is 6.07 Å². The van der Waals surface area contributed by atoms with E-state index in [1.165, 1.54) is 0 Å². The largest absolute Gasteiger partial charge is 0.384 e. The van der Waals surface area contributed by atoms with E-state index >= 15 is 0 Å². The minimum absolute atomic E-state index is 0.519. The fraction of sp³-hybridized carbons (Fsp3) is 0.111. The number of nitrogens with zero attached hydrogens (tertiary/aromatic N) is 3. The minimum atomic E-state index is 0.519. The lowest BCUT2D eigenvalue weighted by Crippen LogP contribution is -2.00. The molecule has 4 nitrogen and oxygen atoms in total. The van der Waals surface area contributed by atoms with E-state index in [1.54, 1.807) is 12.3 Å². The highest BCUT2D eigenvalue weighted by Crippen LogP contribution is 2.08. The van der Waals surface area contributed by atoms with Gasteiger partial charge in [0, 0.05) is 12.4 Å². The molecule has 2 rings (SSSR count). The van der Waals surface area contributed by atoms with Crippen molar-refractivity contribution in [1.82, 2.24) is 14.5 Å². The number of imidazole rings is 1. The van der Waals surface area contributed by atoms with E-state index in [4.69, 9.17) is 5.73 Å². The number of nitrogens with two attached hydrogens (primary N) is 1. The highest BCUT2D eigenvalue weighted by Gasteiger charge is 2.00. The zero-order valence-corrected chi connectivity index (χ0v) is 7.31. The van der Waals surface area contributed by atoms with Gasteiger partial charge in [0.1, 0.15) is 17.5 Å². The number of nitrogen functional groups attached to an aromatic ring is 1. The standard InChI is InChI=1S/C9H10N4/c1-7-11-5-6-13(7)9-4-2-3-8(10)12-9/h2-6H,1H3,(H2,10,12). The van der Waals surface area contributed by atoms with E-state index in [0.29, 0.717) is 5.82 Å². The maximum absolute atomic E-state index is 5.57. The van der Waals surface area contributed by atoms with E-state index in [2.05, 4.69) is 9.97 Å². The van der Waals surface area contributed by atoms with Gasteiger partial charge in [-0.05, 0) is 19.1 Å². The molecule has 0 aliphatic rings. The van der Waals surface area contributed by atoms with Crippen molar-refractivity contribution in [2.45, 2.75) is 6.92 Å². The Hall–Kier alpha value is -1.84. The van der Waals surface area contributed by atoms with Crippen molar-refractivity contribution in [1.29, 1.82) is 0 Å². The Labute approximate surface area is 76.1 Å². The van der Waals surface area contributed by atoms with Gasteiger partial charge in [-0.25, -0.2) is 9.97 Å². The Morgan fingerprint density at radius 2 is 2.23 bits per heavy atom. The smallest absolute Gasteiger partial charge is 0.140 e. The molecule has 66 valence electrons. The molecule has 0 bridgehead atoms. The number of pyridine rings is 1. The lowest BCUT2D eigenvalue weighted by atomic mass is 10.4. The molecule has 0 amide bonds. The van der Waals surface area contributed by atoms with E-state index in [0.717, 1.165) is 11.6 Å². The summed E-state index contributed by atoms with van der Waals surface area (Å²) in [4.78, 5) is 8.28. The van der Waals surface area contributed by atoms with Crippen LogP contribution in [0.1, 0.15) is 5.82 Å². The Morgan fingerprint density at radius 1 is 1.38 bits per heavy atom. The highest BCUT2D eigenvalue weighted by atomic mass is 15.1. The molecule has 0 saturated carbocycles. The van der Waals surface area contributed by atoms with Crippen molar-refractivity contribution in [3.63, 3.8) is 0 Å². The number of aryl methyl sites for hydroxylation is 1. The van der Waals surface area contributed by atoms with Crippen LogP contribution in [0.4, 0.5) is 5.82 Å². The molecule has 0 aliphatic heterocycles. The number of aromatic nitrogens is 3. The molecule has 0 unspecified atom stereocenters. The molecule has 13 heavy (non-hydrogen) atoms. The summed E-state index contributed by atoms with van der Waals surface area (Å²) < 4.78 is 1.89. The van der Waals surface area contributed by atoms with Crippen LogP contribution in [0.3, 0.4) is 0 Å². The van der Waals surface area contributed by atoms with Gasteiger partial charge >= 0.3 is 0 Å². The van der Waals surface area contributed by atoms with Crippen LogP contribution >= 0.6 is 0 Å².